The molecule has 0 aliphatic carbocycles. The molecular weight excluding hydrogens is 447 g/mol. The highest BCUT2D eigenvalue weighted by Gasteiger charge is 2.59. The summed E-state index contributed by atoms with van der Waals surface area (Å²) in [4.78, 5) is 12.9. The van der Waals surface area contributed by atoms with Gasteiger partial charge in [0, 0.05) is 15.4 Å². The third-order valence-corrected chi connectivity index (χ3v) is 8.21. The van der Waals surface area contributed by atoms with Crippen LogP contribution in [-0.2, 0) is 14.0 Å². The lowest BCUT2D eigenvalue weighted by Crippen LogP contribution is -2.50. The van der Waals surface area contributed by atoms with Gasteiger partial charge in [0.15, 0.2) is 4.88 Å². The van der Waals surface area contributed by atoms with E-state index in [1.54, 1.807) is 0 Å². The third kappa shape index (κ3) is 4.32. The predicted molar refractivity (Wildman–Crippen MR) is 130 cm³/mol. The first-order chi connectivity index (χ1) is 15.3. The van der Waals surface area contributed by atoms with Crippen molar-refractivity contribution in [2.45, 2.75) is 77.6 Å². The van der Waals surface area contributed by atoms with Crippen LogP contribution in [-0.4, -0.2) is 31.4 Å². The largest absolute Gasteiger partial charge is 0.505 e. The van der Waals surface area contributed by atoms with Crippen LogP contribution in [0.25, 0.3) is 0 Å². The first-order valence-electron chi connectivity index (χ1n) is 11.3. The SMILES string of the molecule is CCC1(CC)OB(c2cc(OC(C)c3ccccc3Cl)c(C(=O)OC)s2)OC1(CC)CC. The Morgan fingerprint density at radius 1 is 1.09 bits per heavy atom. The lowest BCUT2D eigenvalue weighted by molar-refractivity contribution is -0.0601. The van der Waals surface area contributed by atoms with Gasteiger partial charge in [0.1, 0.15) is 11.9 Å². The molecule has 2 heterocycles. The minimum atomic E-state index is -0.559. The monoisotopic (exact) mass is 478 g/mol. The van der Waals surface area contributed by atoms with E-state index in [9.17, 15) is 4.79 Å². The molecule has 0 N–H and O–H groups in total. The summed E-state index contributed by atoms with van der Waals surface area (Å²) in [6.07, 6.45) is 3.05. The van der Waals surface area contributed by atoms with E-state index >= 15 is 0 Å². The number of esters is 1. The lowest BCUT2D eigenvalue weighted by atomic mass is 9.75. The molecule has 0 spiro atoms. The maximum Gasteiger partial charge on any atom is 0.505 e. The summed E-state index contributed by atoms with van der Waals surface area (Å²) in [5.41, 5.74) is 0.100. The number of benzene rings is 1. The van der Waals surface area contributed by atoms with Gasteiger partial charge in [-0.2, -0.15) is 0 Å². The number of ether oxygens (including phenoxy) is 2. The Labute approximate surface area is 200 Å². The number of thiophene rings is 1. The van der Waals surface area contributed by atoms with Gasteiger partial charge in [-0.3, -0.25) is 0 Å². The average Bonchev–Trinajstić information content (AvgIpc) is 3.38. The zero-order valence-electron chi connectivity index (χ0n) is 19.7. The summed E-state index contributed by atoms with van der Waals surface area (Å²) in [5.74, 6) is -0.00402. The van der Waals surface area contributed by atoms with Crippen LogP contribution >= 0.6 is 22.9 Å². The quantitative estimate of drug-likeness (QED) is 0.318. The minimum absolute atomic E-state index is 0.351. The molecule has 1 saturated heterocycles. The van der Waals surface area contributed by atoms with Crippen molar-refractivity contribution in [1.82, 2.24) is 0 Å². The zero-order chi connectivity index (χ0) is 23.5. The maximum absolute atomic E-state index is 12.5. The highest BCUT2D eigenvalue weighted by Crippen LogP contribution is 2.47. The topological polar surface area (TPSA) is 54.0 Å². The van der Waals surface area contributed by atoms with E-state index in [-0.39, 0.29) is 17.3 Å². The number of methoxy groups -OCH3 is 1. The highest BCUT2D eigenvalue weighted by molar-refractivity contribution is 7.24. The molecule has 1 atom stereocenters. The molecular formula is C24H32BClO5S. The number of hydrogen-bond donors (Lipinski definition) is 0. The van der Waals surface area contributed by atoms with Crippen molar-refractivity contribution in [3.63, 3.8) is 0 Å². The Balaban J connectivity index is 1.96. The Kier molecular flexibility index (Phi) is 7.97. The van der Waals surface area contributed by atoms with E-state index in [0.717, 1.165) is 36.0 Å². The Bertz CT molecular complexity index is 918. The Morgan fingerprint density at radius 3 is 2.16 bits per heavy atom. The van der Waals surface area contributed by atoms with Crippen LogP contribution in [0.3, 0.4) is 0 Å². The van der Waals surface area contributed by atoms with Gasteiger partial charge < -0.3 is 18.8 Å². The molecule has 0 amide bonds. The fourth-order valence-corrected chi connectivity index (χ4v) is 6.03. The fraction of sp³-hybridized carbons (Fsp3) is 0.542. The van der Waals surface area contributed by atoms with E-state index in [4.69, 9.17) is 30.4 Å². The van der Waals surface area contributed by atoms with Gasteiger partial charge in [0.05, 0.1) is 18.3 Å². The van der Waals surface area contributed by atoms with Gasteiger partial charge in [-0.05, 0) is 44.7 Å². The van der Waals surface area contributed by atoms with E-state index in [1.165, 1.54) is 18.4 Å². The summed E-state index contributed by atoms with van der Waals surface area (Å²) in [6.45, 7) is 10.5. The first-order valence-corrected chi connectivity index (χ1v) is 12.5. The van der Waals surface area contributed by atoms with Gasteiger partial charge in [0.2, 0.25) is 0 Å². The highest BCUT2D eigenvalue weighted by atomic mass is 35.5. The zero-order valence-corrected chi connectivity index (χ0v) is 21.3. The molecule has 8 heteroatoms. The van der Waals surface area contributed by atoms with E-state index in [0.29, 0.717) is 15.6 Å². The molecule has 1 aromatic carbocycles. The van der Waals surface area contributed by atoms with Crippen molar-refractivity contribution in [2.24, 2.45) is 0 Å². The third-order valence-electron chi connectivity index (χ3n) is 6.75. The molecule has 32 heavy (non-hydrogen) atoms. The molecule has 1 aliphatic heterocycles. The van der Waals surface area contributed by atoms with Crippen LogP contribution in [0.4, 0.5) is 0 Å². The van der Waals surface area contributed by atoms with Crippen LogP contribution in [0.2, 0.25) is 5.02 Å². The van der Waals surface area contributed by atoms with E-state index < -0.39 is 13.1 Å². The molecule has 0 saturated carbocycles. The lowest BCUT2D eigenvalue weighted by Gasteiger charge is -2.42. The smallest absolute Gasteiger partial charge is 0.484 e. The molecule has 1 aliphatic rings. The number of carbonyl (C=O) groups is 1. The van der Waals surface area contributed by atoms with Crippen LogP contribution in [0.1, 0.15) is 81.6 Å². The first kappa shape index (κ1) is 25.1. The summed E-state index contributed by atoms with van der Waals surface area (Å²) < 4.78 is 25.2. The summed E-state index contributed by atoms with van der Waals surface area (Å²) in [7, 11) is 0.806. The van der Waals surface area contributed by atoms with Gasteiger partial charge in [-0.25, -0.2) is 4.79 Å². The average molecular weight is 479 g/mol. The minimum Gasteiger partial charge on any atom is -0.484 e. The second-order valence-corrected chi connectivity index (χ2v) is 9.58. The second-order valence-electron chi connectivity index (χ2n) is 8.09. The molecule has 5 nitrogen and oxygen atoms in total. The standard InChI is InChI=1S/C24H32BClO5S/c1-7-23(8-2)24(9-3,10-4)31-25(30-23)20-15-19(21(32-20)22(27)28-6)29-16(5)17-13-11-12-14-18(17)26/h11-16H,7-10H2,1-6H3. The summed E-state index contributed by atoms with van der Waals surface area (Å²) in [5, 5.41) is 0.615. The van der Waals surface area contributed by atoms with Gasteiger partial charge in [0.25, 0.3) is 0 Å². The molecule has 2 aromatic rings. The van der Waals surface area contributed by atoms with E-state index in [1.807, 2.05) is 37.3 Å². The molecule has 1 unspecified atom stereocenters. The number of rotatable bonds is 9. The Hall–Kier alpha value is -1.54. The van der Waals surface area contributed by atoms with Crippen LogP contribution < -0.4 is 9.51 Å². The van der Waals surface area contributed by atoms with Crippen molar-refractivity contribution in [1.29, 1.82) is 0 Å². The summed E-state index contributed by atoms with van der Waals surface area (Å²) >= 11 is 7.63. The predicted octanol–water partition coefficient (Wildman–Crippen LogP) is 6.19. The molecule has 0 radical (unpaired) electrons. The van der Waals surface area contributed by atoms with Crippen molar-refractivity contribution >= 4 is 40.8 Å². The second kappa shape index (κ2) is 10.2. The van der Waals surface area contributed by atoms with Crippen LogP contribution in [0.15, 0.2) is 30.3 Å². The van der Waals surface area contributed by atoms with Crippen molar-refractivity contribution in [2.75, 3.05) is 7.11 Å². The van der Waals surface area contributed by atoms with Crippen LogP contribution in [0, 0.1) is 0 Å². The fourth-order valence-electron chi connectivity index (χ4n) is 4.78. The molecule has 0 bridgehead atoms. The summed E-state index contributed by atoms with van der Waals surface area (Å²) in [6, 6.07) is 9.35. The van der Waals surface area contributed by atoms with Gasteiger partial charge in [-0.1, -0.05) is 57.5 Å². The molecule has 174 valence electrons. The number of hydrogen-bond acceptors (Lipinski definition) is 6. The normalized spacial score (nSPS) is 17.9. The molecule has 1 fully saturated rings. The number of halogens is 1. The molecule has 1 aromatic heterocycles. The van der Waals surface area contributed by atoms with Gasteiger partial charge >= 0.3 is 13.1 Å². The van der Waals surface area contributed by atoms with Crippen molar-refractivity contribution < 1.29 is 23.6 Å². The van der Waals surface area contributed by atoms with Crippen molar-refractivity contribution in [3.05, 3.63) is 45.8 Å². The maximum atomic E-state index is 12.5. The Morgan fingerprint density at radius 2 is 1.66 bits per heavy atom. The molecule has 3 rings (SSSR count). The van der Waals surface area contributed by atoms with Crippen LogP contribution in [0.5, 0.6) is 5.75 Å². The number of carbonyl (C=O) groups excluding carboxylic acids is 1. The van der Waals surface area contributed by atoms with Crippen molar-refractivity contribution in [3.8, 4) is 5.75 Å². The van der Waals surface area contributed by atoms with E-state index in [2.05, 4.69) is 27.7 Å². The van der Waals surface area contributed by atoms with Gasteiger partial charge in [-0.15, -0.1) is 11.3 Å².